The molecule has 106 valence electrons. The van der Waals surface area contributed by atoms with E-state index in [1.54, 1.807) is 0 Å². The molecule has 2 aromatic rings. The summed E-state index contributed by atoms with van der Waals surface area (Å²) < 4.78 is 0. The molecule has 2 nitrogen and oxygen atoms in total. The molecule has 0 aliphatic carbocycles. The Hall–Kier alpha value is -1.96. The zero-order chi connectivity index (χ0) is 14.9. The predicted octanol–water partition coefficient (Wildman–Crippen LogP) is 3.87. The SMILES string of the molecule is Cc1cc(CCc2cc(C)c(N)c(C)c2)cc(C)c1N. The van der Waals surface area contributed by atoms with Crippen LogP contribution in [0.1, 0.15) is 33.4 Å². The van der Waals surface area contributed by atoms with E-state index in [0.29, 0.717) is 0 Å². The zero-order valence-corrected chi connectivity index (χ0v) is 12.9. The average Bonchev–Trinajstić information content (AvgIpc) is 2.39. The molecule has 0 amide bonds. The van der Waals surface area contributed by atoms with Gasteiger partial charge in [-0.15, -0.1) is 0 Å². The summed E-state index contributed by atoms with van der Waals surface area (Å²) >= 11 is 0. The fourth-order valence-corrected chi connectivity index (χ4v) is 2.71. The molecule has 0 bridgehead atoms. The van der Waals surface area contributed by atoms with Gasteiger partial charge in [0.15, 0.2) is 0 Å². The molecule has 0 aromatic heterocycles. The number of nitrogens with two attached hydrogens (primary N) is 2. The van der Waals surface area contributed by atoms with Crippen LogP contribution < -0.4 is 11.5 Å². The number of hydrogen-bond acceptors (Lipinski definition) is 2. The van der Waals surface area contributed by atoms with Crippen molar-refractivity contribution in [2.24, 2.45) is 0 Å². The van der Waals surface area contributed by atoms with Crippen molar-refractivity contribution in [1.29, 1.82) is 0 Å². The Kier molecular flexibility index (Phi) is 4.03. The molecule has 0 fully saturated rings. The van der Waals surface area contributed by atoms with Crippen molar-refractivity contribution in [2.45, 2.75) is 40.5 Å². The summed E-state index contributed by atoms with van der Waals surface area (Å²) in [5.74, 6) is 0. The predicted molar refractivity (Wildman–Crippen MR) is 88.1 cm³/mol. The number of nitrogen functional groups attached to an aromatic ring is 2. The summed E-state index contributed by atoms with van der Waals surface area (Å²) in [5.41, 5.74) is 21.2. The van der Waals surface area contributed by atoms with Crippen LogP contribution in [0.2, 0.25) is 0 Å². The molecule has 0 aliphatic rings. The Morgan fingerprint density at radius 3 is 1.10 bits per heavy atom. The first-order valence-electron chi connectivity index (χ1n) is 7.09. The molecule has 2 heteroatoms. The third-order valence-electron chi connectivity index (χ3n) is 4.01. The van der Waals surface area contributed by atoms with Gasteiger partial charge in [-0.2, -0.15) is 0 Å². The van der Waals surface area contributed by atoms with Crippen LogP contribution in [0.15, 0.2) is 24.3 Å². The summed E-state index contributed by atoms with van der Waals surface area (Å²) in [6, 6.07) is 8.78. The summed E-state index contributed by atoms with van der Waals surface area (Å²) in [6.45, 7) is 8.29. The number of benzene rings is 2. The molecule has 0 spiro atoms. The van der Waals surface area contributed by atoms with Gasteiger partial charge in [0.1, 0.15) is 0 Å². The highest BCUT2D eigenvalue weighted by atomic mass is 14.6. The summed E-state index contributed by atoms with van der Waals surface area (Å²) in [6.07, 6.45) is 2.06. The van der Waals surface area contributed by atoms with Crippen molar-refractivity contribution < 1.29 is 0 Å². The first-order valence-corrected chi connectivity index (χ1v) is 7.09. The van der Waals surface area contributed by atoms with Crippen LogP contribution in [0, 0.1) is 27.7 Å². The minimum atomic E-state index is 0.910. The number of rotatable bonds is 3. The smallest absolute Gasteiger partial charge is 0.0373 e. The van der Waals surface area contributed by atoms with Crippen molar-refractivity contribution >= 4 is 11.4 Å². The van der Waals surface area contributed by atoms with E-state index in [4.69, 9.17) is 11.5 Å². The third-order valence-corrected chi connectivity index (χ3v) is 4.01. The van der Waals surface area contributed by atoms with Gasteiger partial charge in [0, 0.05) is 11.4 Å². The molecule has 0 saturated heterocycles. The van der Waals surface area contributed by atoms with Gasteiger partial charge < -0.3 is 11.5 Å². The molecule has 20 heavy (non-hydrogen) atoms. The maximum Gasteiger partial charge on any atom is 0.0373 e. The fourth-order valence-electron chi connectivity index (χ4n) is 2.71. The van der Waals surface area contributed by atoms with E-state index in [1.165, 1.54) is 33.4 Å². The van der Waals surface area contributed by atoms with E-state index in [-0.39, 0.29) is 0 Å². The van der Waals surface area contributed by atoms with E-state index in [9.17, 15) is 0 Å². The van der Waals surface area contributed by atoms with Crippen LogP contribution in [0.4, 0.5) is 11.4 Å². The van der Waals surface area contributed by atoms with Crippen LogP contribution in [-0.4, -0.2) is 0 Å². The van der Waals surface area contributed by atoms with Crippen molar-refractivity contribution in [3.8, 4) is 0 Å². The maximum atomic E-state index is 6.00. The Labute approximate surface area is 121 Å². The summed E-state index contributed by atoms with van der Waals surface area (Å²) in [4.78, 5) is 0. The maximum absolute atomic E-state index is 6.00. The minimum absolute atomic E-state index is 0.910. The highest BCUT2D eigenvalue weighted by molar-refractivity contribution is 5.55. The standard InChI is InChI=1S/C18H24N2/c1-11-7-15(8-12(2)17(11)19)5-6-16-9-13(3)18(20)14(4)10-16/h7-10H,5-6,19-20H2,1-4H3. The van der Waals surface area contributed by atoms with Crippen molar-refractivity contribution in [2.75, 3.05) is 11.5 Å². The lowest BCUT2D eigenvalue weighted by Gasteiger charge is -2.11. The third kappa shape index (κ3) is 2.96. The van der Waals surface area contributed by atoms with Crippen molar-refractivity contribution in [3.63, 3.8) is 0 Å². The average molecular weight is 268 g/mol. The van der Waals surface area contributed by atoms with E-state index in [2.05, 4.69) is 52.0 Å². The first-order chi connectivity index (χ1) is 9.38. The largest absolute Gasteiger partial charge is 0.398 e. The molecule has 0 unspecified atom stereocenters. The van der Waals surface area contributed by atoms with Gasteiger partial charge in [0.2, 0.25) is 0 Å². The lowest BCUT2D eigenvalue weighted by Crippen LogP contribution is -2.00. The van der Waals surface area contributed by atoms with Crippen LogP contribution >= 0.6 is 0 Å². The number of aryl methyl sites for hydroxylation is 6. The lowest BCUT2D eigenvalue weighted by atomic mass is 9.97. The van der Waals surface area contributed by atoms with E-state index < -0.39 is 0 Å². The molecule has 2 rings (SSSR count). The normalized spacial score (nSPS) is 10.8. The second-order valence-electron chi connectivity index (χ2n) is 5.79. The van der Waals surface area contributed by atoms with Crippen molar-refractivity contribution in [1.82, 2.24) is 0 Å². The van der Waals surface area contributed by atoms with E-state index >= 15 is 0 Å². The van der Waals surface area contributed by atoms with Gasteiger partial charge in [0.25, 0.3) is 0 Å². The van der Waals surface area contributed by atoms with Gasteiger partial charge in [0.05, 0.1) is 0 Å². The number of anilines is 2. The highest BCUT2D eigenvalue weighted by Gasteiger charge is 2.05. The molecular formula is C18H24N2. The van der Waals surface area contributed by atoms with E-state index in [1.807, 2.05) is 0 Å². The number of hydrogen-bond donors (Lipinski definition) is 2. The Balaban J connectivity index is 2.17. The van der Waals surface area contributed by atoms with Crippen LogP contribution in [-0.2, 0) is 12.8 Å². The second kappa shape index (κ2) is 5.58. The summed E-state index contributed by atoms with van der Waals surface area (Å²) in [7, 11) is 0. The second-order valence-corrected chi connectivity index (χ2v) is 5.79. The van der Waals surface area contributed by atoms with Crippen LogP contribution in [0.3, 0.4) is 0 Å². The van der Waals surface area contributed by atoms with Crippen molar-refractivity contribution in [3.05, 3.63) is 57.6 Å². The van der Waals surface area contributed by atoms with Gasteiger partial charge in [-0.1, -0.05) is 24.3 Å². The van der Waals surface area contributed by atoms with Gasteiger partial charge in [-0.25, -0.2) is 0 Å². The van der Waals surface area contributed by atoms with Gasteiger partial charge >= 0.3 is 0 Å². The molecule has 0 atom stereocenters. The Morgan fingerprint density at radius 2 is 0.850 bits per heavy atom. The molecule has 0 heterocycles. The highest BCUT2D eigenvalue weighted by Crippen LogP contribution is 2.22. The lowest BCUT2D eigenvalue weighted by molar-refractivity contribution is 0.952. The Morgan fingerprint density at radius 1 is 0.600 bits per heavy atom. The Bertz CT molecular complexity index is 538. The van der Waals surface area contributed by atoms with Crippen LogP contribution in [0.25, 0.3) is 0 Å². The summed E-state index contributed by atoms with van der Waals surface area (Å²) in [5, 5.41) is 0. The molecule has 4 N–H and O–H groups in total. The fraction of sp³-hybridized carbons (Fsp3) is 0.333. The van der Waals surface area contributed by atoms with Crippen LogP contribution in [0.5, 0.6) is 0 Å². The molecule has 0 saturated carbocycles. The molecule has 0 aliphatic heterocycles. The quantitative estimate of drug-likeness (QED) is 0.830. The zero-order valence-electron chi connectivity index (χ0n) is 12.9. The van der Waals surface area contributed by atoms with Gasteiger partial charge in [-0.05, 0) is 73.9 Å². The molecular weight excluding hydrogens is 244 g/mol. The first kappa shape index (κ1) is 14.4. The van der Waals surface area contributed by atoms with Gasteiger partial charge in [-0.3, -0.25) is 0 Å². The monoisotopic (exact) mass is 268 g/mol. The minimum Gasteiger partial charge on any atom is -0.398 e. The molecule has 0 radical (unpaired) electrons. The van der Waals surface area contributed by atoms with E-state index in [0.717, 1.165) is 24.2 Å². The topological polar surface area (TPSA) is 52.0 Å². The molecule has 2 aromatic carbocycles.